The average Bonchev–Trinajstić information content (AvgIpc) is 3.41. The van der Waals surface area contributed by atoms with E-state index in [9.17, 15) is 14.4 Å². The van der Waals surface area contributed by atoms with E-state index in [1.807, 2.05) is 24.3 Å². The zero-order valence-corrected chi connectivity index (χ0v) is 15.5. The number of halogens is 1. The molecule has 1 aromatic rings. The van der Waals surface area contributed by atoms with Gasteiger partial charge in [0.15, 0.2) is 0 Å². The Morgan fingerprint density at radius 3 is 2.50 bits per heavy atom. The topological polar surface area (TPSA) is 77.9 Å². The molecular formula is C19H23ClN2O4. The van der Waals surface area contributed by atoms with Crippen LogP contribution in [0.1, 0.15) is 30.7 Å². The van der Waals surface area contributed by atoms with E-state index in [0.29, 0.717) is 31.0 Å². The highest BCUT2D eigenvalue weighted by Gasteiger charge is 2.46. The van der Waals surface area contributed by atoms with Crippen LogP contribution in [0.3, 0.4) is 0 Å². The molecule has 1 saturated heterocycles. The van der Waals surface area contributed by atoms with Gasteiger partial charge in [0, 0.05) is 31.1 Å². The molecular weight excluding hydrogens is 356 g/mol. The van der Waals surface area contributed by atoms with Gasteiger partial charge < -0.3 is 14.9 Å². The van der Waals surface area contributed by atoms with Crippen LogP contribution in [-0.2, 0) is 14.4 Å². The van der Waals surface area contributed by atoms with E-state index < -0.39 is 5.97 Å². The first-order chi connectivity index (χ1) is 12.4. The lowest BCUT2D eigenvalue weighted by Gasteiger charge is -2.31. The molecule has 1 saturated carbocycles. The minimum absolute atomic E-state index is 0.0301. The standard InChI is InChI=1S/C19H23ClN2O4/c1-21(11-17(23)22-8-6-12(7-9-22)19(25)26)18(24)15-10-14(15)13-4-2-3-5-16(13)20/h2-5,12,14-15H,6-11H2,1H3,(H,25,26)/t14-,15-/m0/s1. The molecule has 0 aromatic heterocycles. The van der Waals surface area contributed by atoms with Crippen molar-refractivity contribution >= 4 is 29.4 Å². The minimum atomic E-state index is -0.802. The molecule has 0 spiro atoms. The predicted octanol–water partition coefficient (Wildman–Crippen LogP) is 2.23. The maximum Gasteiger partial charge on any atom is 0.306 e. The van der Waals surface area contributed by atoms with Crippen LogP contribution < -0.4 is 0 Å². The SMILES string of the molecule is CN(CC(=O)N1CCC(C(=O)O)CC1)C(=O)[C@H]1C[C@H]1c1ccccc1Cl. The zero-order valence-electron chi connectivity index (χ0n) is 14.7. The van der Waals surface area contributed by atoms with Crippen molar-refractivity contribution in [1.29, 1.82) is 0 Å². The number of likely N-dealkylation sites (tertiary alicyclic amines) is 1. The summed E-state index contributed by atoms with van der Waals surface area (Å²) in [6, 6.07) is 7.54. The van der Waals surface area contributed by atoms with E-state index in [-0.39, 0.29) is 36.1 Å². The van der Waals surface area contributed by atoms with E-state index in [4.69, 9.17) is 16.7 Å². The molecule has 1 aliphatic heterocycles. The minimum Gasteiger partial charge on any atom is -0.481 e. The summed E-state index contributed by atoms with van der Waals surface area (Å²) in [5, 5.41) is 9.70. The third-order valence-electron chi connectivity index (χ3n) is 5.36. The highest BCUT2D eigenvalue weighted by atomic mass is 35.5. The molecule has 1 N–H and O–H groups in total. The number of hydrogen-bond donors (Lipinski definition) is 1. The van der Waals surface area contributed by atoms with Crippen molar-refractivity contribution in [2.75, 3.05) is 26.7 Å². The van der Waals surface area contributed by atoms with Crippen molar-refractivity contribution in [2.45, 2.75) is 25.2 Å². The highest BCUT2D eigenvalue weighted by Crippen LogP contribution is 2.50. The van der Waals surface area contributed by atoms with Gasteiger partial charge in [0.1, 0.15) is 0 Å². The van der Waals surface area contributed by atoms with Gasteiger partial charge in [-0.15, -0.1) is 0 Å². The molecule has 2 aliphatic rings. The van der Waals surface area contributed by atoms with Gasteiger partial charge in [-0.3, -0.25) is 14.4 Å². The van der Waals surface area contributed by atoms with Crippen molar-refractivity contribution in [3.63, 3.8) is 0 Å². The van der Waals surface area contributed by atoms with Gasteiger partial charge in [-0.2, -0.15) is 0 Å². The molecule has 2 amide bonds. The summed E-state index contributed by atoms with van der Waals surface area (Å²) in [5.74, 6) is -1.33. The number of carboxylic acids is 1. The van der Waals surface area contributed by atoms with Crippen molar-refractivity contribution in [3.05, 3.63) is 34.9 Å². The highest BCUT2D eigenvalue weighted by molar-refractivity contribution is 6.31. The summed E-state index contributed by atoms with van der Waals surface area (Å²) in [4.78, 5) is 39.1. The molecule has 0 unspecified atom stereocenters. The van der Waals surface area contributed by atoms with E-state index in [1.165, 1.54) is 4.90 Å². The molecule has 6 nitrogen and oxygen atoms in total. The monoisotopic (exact) mass is 378 g/mol. The van der Waals surface area contributed by atoms with Gasteiger partial charge in [-0.1, -0.05) is 29.8 Å². The predicted molar refractivity (Wildman–Crippen MR) is 96.9 cm³/mol. The van der Waals surface area contributed by atoms with Crippen LogP contribution in [0.25, 0.3) is 0 Å². The quantitative estimate of drug-likeness (QED) is 0.852. The summed E-state index contributed by atoms with van der Waals surface area (Å²) in [6.07, 6.45) is 1.69. The number of rotatable bonds is 5. The van der Waals surface area contributed by atoms with Crippen molar-refractivity contribution < 1.29 is 19.5 Å². The number of carbonyl (C=O) groups is 3. The van der Waals surface area contributed by atoms with Gasteiger partial charge in [-0.05, 0) is 36.8 Å². The number of nitrogens with zero attached hydrogens (tertiary/aromatic N) is 2. The van der Waals surface area contributed by atoms with Crippen LogP contribution in [0.2, 0.25) is 5.02 Å². The number of amides is 2. The van der Waals surface area contributed by atoms with Gasteiger partial charge in [0.05, 0.1) is 12.5 Å². The van der Waals surface area contributed by atoms with Crippen molar-refractivity contribution in [3.8, 4) is 0 Å². The van der Waals surface area contributed by atoms with Crippen molar-refractivity contribution in [2.24, 2.45) is 11.8 Å². The van der Waals surface area contributed by atoms with E-state index in [1.54, 1.807) is 11.9 Å². The Kier molecular flexibility index (Phi) is 5.51. The molecule has 0 radical (unpaired) electrons. The Bertz CT molecular complexity index is 715. The lowest BCUT2D eigenvalue weighted by Crippen LogP contribution is -2.45. The zero-order chi connectivity index (χ0) is 18.8. The Balaban J connectivity index is 1.50. The first-order valence-corrected chi connectivity index (χ1v) is 9.26. The van der Waals surface area contributed by atoms with E-state index in [2.05, 4.69) is 0 Å². The number of benzene rings is 1. The first-order valence-electron chi connectivity index (χ1n) is 8.88. The molecule has 1 aromatic carbocycles. The van der Waals surface area contributed by atoms with Crippen LogP contribution >= 0.6 is 11.6 Å². The largest absolute Gasteiger partial charge is 0.481 e. The number of piperidine rings is 1. The number of likely N-dealkylation sites (N-methyl/N-ethyl adjacent to an activating group) is 1. The molecule has 140 valence electrons. The molecule has 0 bridgehead atoms. The van der Waals surface area contributed by atoms with Gasteiger partial charge >= 0.3 is 5.97 Å². The smallest absolute Gasteiger partial charge is 0.306 e. The summed E-state index contributed by atoms with van der Waals surface area (Å²) >= 11 is 6.20. The summed E-state index contributed by atoms with van der Waals surface area (Å²) in [5.41, 5.74) is 0.989. The number of hydrogen-bond acceptors (Lipinski definition) is 3. The Hall–Kier alpha value is -2.08. The molecule has 2 atom stereocenters. The normalized spacial score (nSPS) is 22.8. The van der Waals surface area contributed by atoms with Crippen molar-refractivity contribution in [1.82, 2.24) is 9.80 Å². The second kappa shape index (κ2) is 7.66. The maximum atomic E-state index is 12.6. The molecule has 2 fully saturated rings. The number of carbonyl (C=O) groups excluding carboxylic acids is 2. The fourth-order valence-electron chi connectivity index (χ4n) is 3.63. The third kappa shape index (κ3) is 4.01. The molecule has 3 rings (SSSR count). The fraction of sp³-hybridized carbons (Fsp3) is 0.526. The van der Waals surface area contributed by atoms with Crippen LogP contribution in [0.15, 0.2) is 24.3 Å². The summed E-state index contributed by atoms with van der Waals surface area (Å²) in [7, 11) is 1.65. The maximum absolute atomic E-state index is 12.6. The van der Waals surface area contributed by atoms with Crippen LogP contribution in [0, 0.1) is 11.8 Å². The number of aliphatic carboxylic acids is 1. The second-order valence-electron chi connectivity index (χ2n) is 7.16. The average molecular weight is 379 g/mol. The van der Waals surface area contributed by atoms with Crippen LogP contribution in [-0.4, -0.2) is 59.4 Å². The Morgan fingerprint density at radius 1 is 1.23 bits per heavy atom. The summed E-state index contributed by atoms with van der Waals surface area (Å²) < 4.78 is 0. The van der Waals surface area contributed by atoms with Gasteiger partial charge in [-0.25, -0.2) is 0 Å². The fourth-order valence-corrected chi connectivity index (χ4v) is 3.90. The van der Waals surface area contributed by atoms with E-state index >= 15 is 0 Å². The van der Waals surface area contributed by atoms with Gasteiger partial charge in [0.2, 0.25) is 11.8 Å². The van der Waals surface area contributed by atoms with Crippen LogP contribution in [0.5, 0.6) is 0 Å². The Labute approximate surface area is 157 Å². The third-order valence-corrected chi connectivity index (χ3v) is 5.70. The summed E-state index contributed by atoms with van der Waals surface area (Å²) in [6.45, 7) is 0.898. The molecule has 1 heterocycles. The molecule has 7 heteroatoms. The second-order valence-corrected chi connectivity index (χ2v) is 7.56. The molecule has 26 heavy (non-hydrogen) atoms. The van der Waals surface area contributed by atoms with Gasteiger partial charge in [0.25, 0.3) is 0 Å². The van der Waals surface area contributed by atoms with E-state index in [0.717, 1.165) is 12.0 Å². The lowest BCUT2D eigenvalue weighted by atomic mass is 9.97. The number of carboxylic acid groups (broad SMARTS) is 1. The first kappa shape index (κ1) is 18.7. The van der Waals surface area contributed by atoms with Crippen LogP contribution in [0.4, 0.5) is 0 Å². The lowest BCUT2D eigenvalue weighted by molar-refractivity contribution is -0.146. The Morgan fingerprint density at radius 2 is 1.88 bits per heavy atom. The molecule has 1 aliphatic carbocycles.